The van der Waals surface area contributed by atoms with Crippen molar-refractivity contribution < 1.29 is 9.53 Å². The molecular weight excluding hydrogens is 332 g/mol. The molecule has 0 aliphatic rings. The number of benzene rings is 2. The summed E-state index contributed by atoms with van der Waals surface area (Å²) in [5.74, 6) is -0.366. The Morgan fingerprint density at radius 3 is 2.74 bits per heavy atom. The van der Waals surface area contributed by atoms with Gasteiger partial charge in [0.1, 0.15) is 0 Å². The maximum absolute atomic E-state index is 11.6. The fourth-order valence-corrected chi connectivity index (χ4v) is 2.92. The van der Waals surface area contributed by atoms with Gasteiger partial charge in [-0.25, -0.2) is 9.78 Å². The Balaban J connectivity index is 1.79. The molecule has 0 bridgehead atoms. The molecule has 0 spiro atoms. The summed E-state index contributed by atoms with van der Waals surface area (Å²) >= 11 is 7.39. The molecule has 3 rings (SSSR count). The lowest BCUT2D eigenvalue weighted by Gasteiger charge is -2.04. The van der Waals surface area contributed by atoms with Crippen molar-refractivity contribution in [2.45, 2.75) is 0 Å². The summed E-state index contributed by atoms with van der Waals surface area (Å²) in [6, 6.07) is 14.6. The first-order valence-electron chi connectivity index (χ1n) is 6.82. The molecular formula is C17H13ClN2O2S. The molecule has 1 N–H and O–H groups in total. The van der Waals surface area contributed by atoms with E-state index in [4.69, 9.17) is 16.3 Å². The van der Waals surface area contributed by atoms with Gasteiger partial charge in [0.25, 0.3) is 0 Å². The van der Waals surface area contributed by atoms with E-state index in [1.54, 1.807) is 18.2 Å². The lowest BCUT2D eigenvalue weighted by Crippen LogP contribution is -2.01. The van der Waals surface area contributed by atoms with Crippen LogP contribution in [0.3, 0.4) is 0 Å². The van der Waals surface area contributed by atoms with Gasteiger partial charge in [0.2, 0.25) is 0 Å². The summed E-state index contributed by atoms with van der Waals surface area (Å²) < 4.78 is 4.72. The number of nitrogens with one attached hydrogen (secondary N) is 1. The number of anilines is 2. The van der Waals surface area contributed by atoms with Crippen molar-refractivity contribution in [1.29, 1.82) is 0 Å². The molecule has 0 atom stereocenters. The molecule has 0 amide bonds. The summed E-state index contributed by atoms with van der Waals surface area (Å²) in [6.45, 7) is 0. The molecule has 0 aliphatic heterocycles. The van der Waals surface area contributed by atoms with Gasteiger partial charge in [0, 0.05) is 21.7 Å². The van der Waals surface area contributed by atoms with E-state index in [0.29, 0.717) is 10.6 Å². The first-order valence-corrected chi connectivity index (χ1v) is 8.08. The molecule has 0 radical (unpaired) electrons. The van der Waals surface area contributed by atoms with Crippen LogP contribution in [0.15, 0.2) is 53.9 Å². The Labute approximate surface area is 142 Å². The highest BCUT2D eigenvalue weighted by Gasteiger charge is 2.08. The predicted molar refractivity (Wildman–Crippen MR) is 93.6 cm³/mol. The standard InChI is InChI=1S/C17H13ClN2O2S/c1-22-16(21)12-3-2-4-14(9-12)19-17-20-15(10-23-17)11-5-7-13(18)8-6-11/h2-10H,1H3,(H,19,20). The van der Waals surface area contributed by atoms with E-state index in [-0.39, 0.29) is 5.97 Å². The SMILES string of the molecule is COC(=O)c1cccc(Nc2nc(-c3ccc(Cl)cc3)cs2)c1. The van der Waals surface area contributed by atoms with E-state index in [0.717, 1.165) is 22.1 Å². The number of carbonyl (C=O) groups excluding carboxylic acids is 1. The molecule has 0 saturated carbocycles. The van der Waals surface area contributed by atoms with Gasteiger partial charge in [-0.2, -0.15) is 0 Å². The Morgan fingerprint density at radius 2 is 2.00 bits per heavy atom. The largest absolute Gasteiger partial charge is 0.465 e. The number of methoxy groups -OCH3 is 1. The minimum atomic E-state index is -0.366. The summed E-state index contributed by atoms with van der Waals surface area (Å²) in [5, 5.41) is 6.61. The molecule has 0 aliphatic carbocycles. The van der Waals surface area contributed by atoms with Gasteiger partial charge in [-0.05, 0) is 30.3 Å². The highest BCUT2D eigenvalue weighted by Crippen LogP contribution is 2.28. The summed E-state index contributed by atoms with van der Waals surface area (Å²) in [6.07, 6.45) is 0. The predicted octanol–water partition coefficient (Wildman–Crippen LogP) is 4.99. The van der Waals surface area contributed by atoms with Crippen molar-refractivity contribution in [1.82, 2.24) is 4.98 Å². The molecule has 3 aromatic rings. The van der Waals surface area contributed by atoms with Crippen LogP contribution in [0.5, 0.6) is 0 Å². The molecule has 2 aromatic carbocycles. The number of thiazole rings is 1. The number of carbonyl (C=O) groups is 1. The van der Waals surface area contributed by atoms with Gasteiger partial charge in [-0.15, -0.1) is 11.3 Å². The van der Waals surface area contributed by atoms with Crippen molar-refractivity contribution in [2.24, 2.45) is 0 Å². The van der Waals surface area contributed by atoms with E-state index in [9.17, 15) is 4.79 Å². The number of esters is 1. The highest BCUT2D eigenvalue weighted by molar-refractivity contribution is 7.14. The fourth-order valence-electron chi connectivity index (χ4n) is 2.05. The molecule has 116 valence electrons. The maximum Gasteiger partial charge on any atom is 0.337 e. The zero-order chi connectivity index (χ0) is 16.2. The van der Waals surface area contributed by atoms with Gasteiger partial charge in [-0.3, -0.25) is 0 Å². The molecule has 6 heteroatoms. The van der Waals surface area contributed by atoms with E-state index >= 15 is 0 Å². The van der Waals surface area contributed by atoms with E-state index in [1.807, 2.05) is 35.7 Å². The third-order valence-electron chi connectivity index (χ3n) is 3.18. The molecule has 4 nitrogen and oxygen atoms in total. The second-order valence-electron chi connectivity index (χ2n) is 4.74. The van der Waals surface area contributed by atoms with Gasteiger partial charge < -0.3 is 10.1 Å². The van der Waals surface area contributed by atoms with Crippen molar-refractivity contribution in [2.75, 3.05) is 12.4 Å². The Kier molecular flexibility index (Phi) is 4.60. The normalized spacial score (nSPS) is 10.3. The minimum absolute atomic E-state index is 0.366. The first kappa shape index (κ1) is 15.5. The Bertz CT molecular complexity index is 831. The Hall–Kier alpha value is -2.37. The van der Waals surface area contributed by atoms with Crippen LogP contribution in [0.1, 0.15) is 10.4 Å². The van der Waals surface area contributed by atoms with Gasteiger partial charge >= 0.3 is 5.97 Å². The quantitative estimate of drug-likeness (QED) is 0.677. The average Bonchev–Trinajstić information content (AvgIpc) is 3.03. The van der Waals surface area contributed by atoms with Crippen LogP contribution in [0.2, 0.25) is 5.02 Å². The third kappa shape index (κ3) is 3.70. The molecule has 0 unspecified atom stereocenters. The third-order valence-corrected chi connectivity index (χ3v) is 4.19. The summed E-state index contributed by atoms with van der Waals surface area (Å²) in [4.78, 5) is 16.1. The fraction of sp³-hybridized carbons (Fsp3) is 0.0588. The molecule has 0 saturated heterocycles. The van der Waals surface area contributed by atoms with Crippen LogP contribution >= 0.6 is 22.9 Å². The summed E-state index contributed by atoms with van der Waals surface area (Å²) in [7, 11) is 1.36. The first-order chi connectivity index (χ1) is 11.2. The van der Waals surface area contributed by atoms with Crippen LogP contribution in [0.4, 0.5) is 10.8 Å². The minimum Gasteiger partial charge on any atom is -0.465 e. The van der Waals surface area contributed by atoms with Crippen LogP contribution in [-0.2, 0) is 4.74 Å². The zero-order valence-corrected chi connectivity index (χ0v) is 13.8. The highest BCUT2D eigenvalue weighted by atomic mass is 35.5. The molecule has 0 fully saturated rings. The van der Waals surface area contributed by atoms with Crippen LogP contribution in [-0.4, -0.2) is 18.1 Å². The van der Waals surface area contributed by atoms with Crippen molar-refractivity contribution in [3.63, 3.8) is 0 Å². The van der Waals surface area contributed by atoms with E-state index in [1.165, 1.54) is 18.4 Å². The lowest BCUT2D eigenvalue weighted by molar-refractivity contribution is 0.0601. The number of nitrogens with zero attached hydrogens (tertiary/aromatic N) is 1. The number of hydrogen-bond acceptors (Lipinski definition) is 5. The summed E-state index contributed by atoms with van der Waals surface area (Å²) in [5.41, 5.74) is 3.15. The van der Waals surface area contributed by atoms with Crippen LogP contribution in [0.25, 0.3) is 11.3 Å². The monoisotopic (exact) mass is 344 g/mol. The van der Waals surface area contributed by atoms with Crippen molar-refractivity contribution >= 4 is 39.7 Å². The number of hydrogen-bond donors (Lipinski definition) is 1. The topological polar surface area (TPSA) is 51.2 Å². The molecule has 1 heterocycles. The number of halogens is 1. The van der Waals surface area contributed by atoms with Crippen LogP contribution in [0, 0.1) is 0 Å². The molecule has 1 aromatic heterocycles. The molecule has 23 heavy (non-hydrogen) atoms. The number of rotatable bonds is 4. The number of aromatic nitrogens is 1. The second kappa shape index (κ2) is 6.81. The second-order valence-corrected chi connectivity index (χ2v) is 6.04. The van der Waals surface area contributed by atoms with E-state index in [2.05, 4.69) is 10.3 Å². The average molecular weight is 345 g/mol. The number of ether oxygens (including phenoxy) is 1. The van der Waals surface area contributed by atoms with Gasteiger partial charge in [0.05, 0.1) is 18.4 Å². The van der Waals surface area contributed by atoms with Gasteiger partial charge in [0.15, 0.2) is 5.13 Å². The van der Waals surface area contributed by atoms with E-state index < -0.39 is 0 Å². The maximum atomic E-state index is 11.6. The van der Waals surface area contributed by atoms with Gasteiger partial charge in [-0.1, -0.05) is 29.8 Å². The zero-order valence-electron chi connectivity index (χ0n) is 12.2. The van der Waals surface area contributed by atoms with Crippen molar-refractivity contribution in [3.8, 4) is 11.3 Å². The smallest absolute Gasteiger partial charge is 0.337 e. The Morgan fingerprint density at radius 1 is 1.22 bits per heavy atom. The van der Waals surface area contributed by atoms with Crippen LogP contribution < -0.4 is 5.32 Å². The lowest BCUT2D eigenvalue weighted by atomic mass is 10.2. The van der Waals surface area contributed by atoms with Crippen molar-refractivity contribution in [3.05, 3.63) is 64.5 Å².